The third-order valence-corrected chi connectivity index (χ3v) is 6.17. The van der Waals surface area contributed by atoms with E-state index in [1.165, 1.54) is 4.90 Å². The van der Waals surface area contributed by atoms with Gasteiger partial charge in [0.15, 0.2) is 5.78 Å². The number of benzene rings is 3. The highest BCUT2D eigenvalue weighted by atomic mass is 16.6. The lowest BCUT2D eigenvalue weighted by Gasteiger charge is -2.30. The summed E-state index contributed by atoms with van der Waals surface area (Å²) < 4.78 is 5.40. The van der Waals surface area contributed by atoms with Crippen LogP contribution in [0.4, 0.5) is 4.79 Å². The summed E-state index contributed by atoms with van der Waals surface area (Å²) >= 11 is 0. The Hall–Kier alpha value is -3.99. The third kappa shape index (κ3) is 4.99. The molecule has 1 saturated heterocycles. The Kier molecular flexibility index (Phi) is 7.33. The first-order chi connectivity index (χ1) is 16.6. The smallest absolute Gasteiger partial charge is 0.417 e. The molecule has 5 nitrogen and oxygen atoms in total. The lowest BCUT2D eigenvalue weighted by atomic mass is 9.84. The quantitative estimate of drug-likeness (QED) is 0.311. The van der Waals surface area contributed by atoms with E-state index in [1.54, 1.807) is 30.3 Å². The SMILES string of the molecule is C=CC[C@H](CC(=O)c1ccccc1)C(=O)N1C(=O)OC[C@H]1C(c1ccccc1)c1ccccc1. The molecule has 1 aliphatic heterocycles. The Morgan fingerprint density at radius 2 is 1.44 bits per heavy atom. The lowest BCUT2D eigenvalue weighted by molar-refractivity contribution is -0.133. The predicted molar refractivity (Wildman–Crippen MR) is 130 cm³/mol. The standard InChI is InChI=1S/C29H27NO4/c1-2-12-24(19-26(31)21-13-6-3-7-14-21)28(32)30-25(20-34-29(30)33)27(22-15-8-4-9-16-22)23-17-10-5-11-18-23/h2-11,13-18,24-25,27H,1,12,19-20H2/t24-,25+/m1/s1. The maximum atomic E-state index is 13.7. The maximum absolute atomic E-state index is 13.7. The van der Waals surface area contributed by atoms with Crippen molar-refractivity contribution >= 4 is 17.8 Å². The van der Waals surface area contributed by atoms with Crippen LogP contribution in [0.25, 0.3) is 0 Å². The van der Waals surface area contributed by atoms with Gasteiger partial charge in [-0.25, -0.2) is 9.69 Å². The fourth-order valence-electron chi connectivity index (χ4n) is 4.53. The molecule has 0 saturated carbocycles. The molecule has 5 heteroatoms. The van der Waals surface area contributed by atoms with Gasteiger partial charge in [0.1, 0.15) is 6.61 Å². The average molecular weight is 454 g/mol. The summed E-state index contributed by atoms with van der Waals surface area (Å²) in [5.41, 5.74) is 2.50. The number of ether oxygens (including phenoxy) is 1. The second kappa shape index (κ2) is 10.8. The molecule has 1 aliphatic rings. The summed E-state index contributed by atoms with van der Waals surface area (Å²) in [5.74, 6) is -1.52. The van der Waals surface area contributed by atoms with Crippen molar-refractivity contribution in [2.75, 3.05) is 6.61 Å². The predicted octanol–water partition coefficient (Wildman–Crippen LogP) is 5.63. The first-order valence-corrected chi connectivity index (χ1v) is 11.4. The van der Waals surface area contributed by atoms with Crippen molar-refractivity contribution in [3.05, 3.63) is 120 Å². The van der Waals surface area contributed by atoms with Crippen LogP contribution in [0.1, 0.15) is 40.2 Å². The summed E-state index contributed by atoms with van der Waals surface area (Å²) in [5, 5.41) is 0. The molecule has 172 valence electrons. The van der Waals surface area contributed by atoms with Gasteiger partial charge in [0.2, 0.25) is 5.91 Å². The molecule has 3 aromatic carbocycles. The number of carbonyl (C=O) groups excluding carboxylic acids is 3. The van der Waals surface area contributed by atoms with Gasteiger partial charge in [-0.1, -0.05) is 97.1 Å². The Bertz CT molecular complexity index is 1110. The number of rotatable bonds is 9. The number of hydrogen-bond donors (Lipinski definition) is 0. The van der Waals surface area contributed by atoms with E-state index in [0.29, 0.717) is 5.56 Å². The minimum absolute atomic E-state index is 0.00723. The van der Waals surface area contributed by atoms with Crippen molar-refractivity contribution in [1.29, 1.82) is 0 Å². The molecular weight excluding hydrogens is 426 g/mol. The fraction of sp³-hybridized carbons (Fsp3) is 0.207. The first kappa shape index (κ1) is 23.2. The van der Waals surface area contributed by atoms with E-state index in [1.807, 2.05) is 66.7 Å². The van der Waals surface area contributed by atoms with Crippen molar-refractivity contribution in [3.8, 4) is 0 Å². The second-order valence-corrected chi connectivity index (χ2v) is 8.37. The van der Waals surface area contributed by atoms with Crippen LogP contribution in [0.2, 0.25) is 0 Å². The Morgan fingerprint density at radius 1 is 0.912 bits per heavy atom. The molecule has 2 atom stereocenters. The van der Waals surface area contributed by atoms with Gasteiger partial charge in [0.05, 0.1) is 6.04 Å². The molecule has 3 aromatic rings. The highest BCUT2D eigenvalue weighted by Gasteiger charge is 2.45. The van der Waals surface area contributed by atoms with Crippen molar-refractivity contribution < 1.29 is 19.1 Å². The molecule has 0 N–H and O–H groups in total. The monoisotopic (exact) mass is 453 g/mol. The number of cyclic esters (lactones) is 1. The average Bonchev–Trinajstić information content (AvgIpc) is 3.26. The molecular formula is C29H27NO4. The number of Topliss-reactive ketones (excluding diaryl/α,β-unsaturated/α-hetero) is 1. The second-order valence-electron chi connectivity index (χ2n) is 8.37. The largest absolute Gasteiger partial charge is 0.447 e. The Labute approximate surface area is 199 Å². The van der Waals surface area contributed by atoms with E-state index in [0.717, 1.165) is 11.1 Å². The minimum atomic E-state index is -0.703. The molecule has 0 aromatic heterocycles. The topological polar surface area (TPSA) is 63.7 Å². The zero-order valence-electron chi connectivity index (χ0n) is 18.9. The zero-order chi connectivity index (χ0) is 23.9. The molecule has 34 heavy (non-hydrogen) atoms. The number of amides is 2. The molecule has 0 unspecified atom stereocenters. The van der Waals surface area contributed by atoms with Crippen LogP contribution in [0.3, 0.4) is 0 Å². The number of imide groups is 1. The Balaban J connectivity index is 1.66. The van der Waals surface area contributed by atoms with Crippen molar-refractivity contribution in [1.82, 2.24) is 4.90 Å². The van der Waals surface area contributed by atoms with Crippen LogP contribution in [0, 0.1) is 5.92 Å². The van der Waals surface area contributed by atoms with Gasteiger partial charge < -0.3 is 4.74 Å². The van der Waals surface area contributed by atoms with Crippen LogP contribution in [0.5, 0.6) is 0 Å². The highest BCUT2D eigenvalue weighted by Crippen LogP contribution is 2.35. The molecule has 2 amide bonds. The maximum Gasteiger partial charge on any atom is 0.417 e. The van der Waals surface area contributed by atoms with Gasteiger partial charge in [-0.15, -0.1) is 6.58 Å². The van der Waals surface area contributed by atoms with E-state index in [4.69, 9.17) is 4.74 Å². The molecule has 1 fully saturated rings. The number of allylic oxidation sites excluding steroid dienone is 1. The number of nitrogens with zero attached hydrogens (tertiary/aromatic N) is 1. The van der Waals surface area contributed by atoms with Gasteiger partial charge in [0, 0.05) is 23.8 Å². The highest BCUT2D eigenvalue weighted by molar-refractivity contribution is 6.01. The first-order valence-electron chi connectivity index (χ1n) is 11.4. The molecule has 1 heterocycles. The summed E-state index contributed by atoms with van der Waals surface area (Å²) in [7, 11) is 0. The van der Waals surface area contributed by atoms with E-state index in [9.17, 15) is 14.4 Å². The van der Waals surface area contributed by atoms with E-state index in [-0.39, 0.29) is 31.1 Å². The van der Waals surface area contributed by atoms with Crippen LogP contribution in [0.15, 0.2) is 104 Å². The normalized spacial score (nSPS) is 16.2. The van der Waals surface area contributed by atoms with Crippen LogP contribution < -0.4 is 0 Å². The molecule has 0 aliphatic carbocycles. The zero-order valence-corrected chi connectivity index (χ0v) is 18.9. The molecule has 0 bridgehead atoms. The molecule has 4 rings (SSSR count). The van der Waals surface area contributed by atoms with Gasteiger partial charge in [-0.05, 0) is 17.5 Å². The summed E-state index contributed by atoms with van der Waals surface area (Å²) in [6, 6.07) is 27.9. The van der Waals surface area contributed by atoms with Crippen LogP contribution in [-0.4, -0.2) is 35.3 Å². The minimum Gasteiger partial charge on any atom is -0.447 e. The van der Waals surface area contributed by atoms with Crippen molar-refractivity contribution in [2.24, 2.45) is 5.92 Å². The number of carbonyl (C=O) groups is 3. The fourth-order valence-corrected chi connectivity index (χ4v) is 4.53. The number of ketones is 1. The van der Waals surface area contributed by atoms with E-state index >= 15 is 0 Å². The van der Waals surface area contributed by atoms with Crippen LogP contribution in [-0.2, 0) is 9.53 Å². The van der Waals surface area contributed by atoms with E-state index in [2.05, 4.69) is 6.58 Å². The third-order valence-electron chi connectivity index (χ3n) is 6.17. The van der Waals surface area contributed by atoms with E-state index < -0.39 is 24.0 Å². The Morgan fingerprint density at radius 3 is 1.97 bits per heavy atom. The van der Waals surface area contributed by atoms with Crippen LogP contribution >= 0.6 is 0 Å². The molecule has 0 radical (unpaired) electrons. The van der Waals surface area contributed by atoms with Crippen molar-refractivity contribution in [3.63, 3.8) is 0 Å². The summed E-state index contributed by atoms with van der Waals surface area (Å²) in [6.07, 6.45) is 1.22. The van der Waals surface area contributed by atoms with Gasteiger partial charge in [0.25, 0.3) is 0 Å². The summed E-state index contributed by atoms with van der Waals surface area (Å²) in [6.45, 7) is 3.85. The van der Waals surface area contributed by atoms with Gasteiger partial charge in [-0.3, -0.25) is 9.59 Å². The number of hydrogen-bond acceptors (Lipinski definition) is 4. The summed E-state index contributed by atoms with van der Waals surface area (Å²) in [4.78, 5) is 40.6. The lowest BCUT2D eigenvalue weighted by Crippen LogP contribution is -2.46. The van der Waals surface area contributed by atoms with Gasteiger partial charge in [-0.2, -0.15) is 0 Å². The molecule has 0 spiro atoms. The van der Waals surface area contributed by atoms with Crippen molar-refractivity contribution in [2.45, 2.75) is 24.8 Å². The van der Waals surface area contributed by atoms with Gasteiger partial charge >= 0.3 is 6.09 Å².